The van der Waals surface area contributed by atoms with Crippen LogP contribution in [0, 0.1) is 52.8 Å². The summed E-state index contributed by atoms with van der Waals surface area (Å²) in [5.74, 6) is 10.7. The van der Waals surface area contributed by atoms with Crippen LogP contribution in [-0.2, 0) is 4.79 Å². The molecule has 28 heavy (non-hydrogen) atoms. The van der Waals surface area contributed by atoms with Crippen LogP contribution in [0.15, 0.2) is 11.6 Å². The van der Waals surface area contributed by atoms with Gasteiger partial charge in [-0.2, -0.15) is 0 Å². The molecule has 0 saturated heterocycles. The summed E-state index contributed by atoms with van der Waals surface area (Å²) in [6.07, 6.45) is 13.6. The van der Waals surface area contributed by atoms with Crippen molar-refractivity contribution < 1.29 is 9.90 Å². The summed E-state index contributed by atoms with van der Waals surface area (Å²) in [7, 11) is 0. The molecule has 7 atom stereocenters. The Hall–Kier alpha value is -0.590. The Labute approximate surface area is 178 Å². The fraction of sp³-hybridized carbons (Fsp3) is 0.800. The lowest BCUT2D eigenvalue weighted by Crippen LogP contribution is -2.48. The van der Waals surface area contributed by atoms with Gasteiger partial charge >= 0.3 is 0 Å². The van der Waals surface area contributed by atoms with Crippen LogP contribution in [0.1, 0.15) is 71.1 Å². The standard InChI is InChI=1S/C25H33BrO2/c1-24-11-9-19-18-10-13-25(28,12-8-16-2-3-16)14-17(18)4-5-20(19)21(24)6-7-22(24)23(27)15-26/h4,16,18-22,28H,2-3,5-7,9-11,13-15H2,1H3/t18-,19+,20+,21-,22+,24-,25-/m0/s1. The van der Waals surface area contributed by atoms with Gasteiger partial charge in [-0.25, -0.2) is 0 Å². The van der Waals surface area contributed by atoms with Gasteiger partial charge in [-0.1, -0.05) is 46.3 Å². The van der Waals surface area contributed by atoms with E-state index >= 15 is 0 Å². The summed E-state index contributed by atoms with van der Waals surface area (Å²) in [6.45, 7) is 2.42. The highest BCUT2D eigenvalue weighted by Crippen LogP contribution is 2.63. The molecule has 0 heterocycles. The fourth-order valence-electron chi connectivity index (χ4n) is 7.49. The second kappa shape index (κ2) is 6.98. The summed E-state index contributed by atoms with van der Waals surface area (Å²) in [5.41, 5.74) is 0.930. The predicted octanol–water partition coefficient (Wildman–Crippen LogP) is 5.28. The number of Topliss-reactive ketones (excluding diaryl/α,β-unsaturated/α-hetero) is 1. The number of ketones is 1. The van der Waals surface area contributed by atoms with Gasteiger partial charge in [0.15, 0.2) is 0 Å². The van der Waals surface area contributed by atoms with Gasteiger partial charge in [-0.05, 0) is 86.9 Å². The molecule has 5 rings (SSSR count). The van der Waals surface area contributed by atoms with Gasteiger partial charge in [0.1, 0.15) is 11.4 Å². The van der Waals surface area contributed by atoms with E-state index in [1.54, 1.807) is 0 Å². The van der Waals surface area contributed by atoms with E-state index in [1.165, 1.54) is 37.7 Å². The Balaban J connectivity index is 1.35. The lowest BCUT2D eigenvalue weighted by molar-refractivity contribution is -0.126. The highest BCUT2D eigenvalue weighted by Gasteiger charge is 2.57. The van der Waals surface area contributed by atoms with E-state index in [2.05, 4.69) is 40.8 Å². The first kappa shape index (κ1) is 19.4. The molecule has 5 aliphatic carbocycles. The first-order chi connectivity index (χ1) is 13.4. The number of allylic oxidation sites excluding steroid dienone is 1. The number of hydrogen-bond donors (Lipinski definition) is 1. The average molecular weight is 445 g/mol. The summed E-state index contributed by atoms with van der Waals surface area (Å²) in [5, 5.41) is 11.6. The molecular formula is C25H33BrO2. The lowest BCUT2D eigenvalue weighted by atomic mass is 9.51. The number of fused-ring (bicyclic) bond motifs is 5. The van der Waals surface area contributed by atoms with Gasteiger partial charge in [-0.3, -0.25) is 4.79 Å². The van der Waals surface area contributed by atoms with Crippen molar-refractivity contribution in [2.24, 2.45) is 40.9 Å². The van der Waals surface area contributed by atoms with Crippen molar-refractivity contribution in [3.63, 3.8) is 0 Å². The van der Waals surface area contributed by atoms with Crippen molar-refractivity contribution in [3.05, 3.63) is 11.6 Å². The van der Waals surface area contributed by atoms with Crippen LogP contribution in [0.2, 0.25) is 0 Å². The highest BCUT2D eigenvalue weighted by atomic mass is 79.9. The third-order valence-electron chi connectivity index (χ3n) is 9.11. The lowest BCUT2D eigenvalue weighted by Gasteiger charge is -2.54. The van der Waals surface area contributed by atoms with E-state index in [0.29, 0.717) is 28.9 Å². The van der Waals surface area contributed by atoms with Crippen molar-refractivity contribution in [2.75, 3.05) is 5.33 Å². The number of carbonyl (C=O) groups is 1. The van der Waals surface area contributed by atoms with Crippen LogP contribution >= 0.6 is 15.9 Å². The number of aliphatic hydroxyl groups is 1. The molecule has 0 radical (unpaired) electrons. The molecule has 0 aromatic carbocycles. The Morgan fingerprint density at radius 1 is 1.18 bits per heavy atom. The van der Waals surface area contributed by atoms with E-state index in [4.69, 9.17) is 0 Å². The van der Waals surface area contributed by atoms with Crippen LogP contribution in [0.25, 0.3) is 0 Å². The van der Waals surface area contributed by atoms with Gasteiger partial charge in [0.2, 0.25) is 0 Å². The number of rotatable bonds is 2. The van der Waals surface area contributed by atoms with E-state index < -0.39 is 5.60 Å². The molecule has 1 N–H and O–H groups in total. The third kappa shape index (κ3) is 3.14. The van der Waals surface area contributed by atoms with Crippen LogP contribution < -0.4 is 0 Å². The fourth-order valence-corrected chi connectivity index (χ4v) is 7.88. The first-order valence-corrected chi connectivity index (χ1v) is 12.6. The third-order valence-corrected chi connectivity index (χ3v) is 9.66. The van der Waals surface area contributed by atoms with Crippen molar-refractivity contribution >= 4 is 21.7 Å². The van der Waals surface area contributed by atoms with Crippen LogP contribution in [0.3, 0.4) is 0 Å². The normalized spacial score (nSPS) is 47.1. The SMILES string of the molecule is C[C@]12CC[C@H]3[C@@H](CC=C4C[C@](O)(C#CC5CC5)CC[C@@H]43)[C@@H]1CC[C@@H]2C(=O)CBr. The first-order valence-electron chi connectivity index (χ1n) is 11.5. The zero-order chi connectivity index (χ0) is 19.5. The van der Waals surface area contributed by atoms with Crippen LogP contribution in [0.5, 0.6) is 0 Å². The Bertz CT molecular complexity index is 756. The minimum atomic E-state index is -0.776. The monoisotopic (exact) mass is 444 g/mol. The van der Waals surface area contributed by atoms with Gasteiger partial charge in [-0.15, -0.1) is 0 Å². The number of carbonyl (C=O) groups excluding carboxylic acids is 1. The zero-order valence-electron chi connectivity index (χ0n) is 17.1. The van der Waals surface area contributed by atoms with Gasteiger partial charge in [0, 0.05) is 18.3 Å². The Morgan fingerprint density at radius 2 is 2.00 bits per heavy atom. The maximum absolute atomic E-state index is 12.5. The molecule has 0 aliphatic heterocycles. The molecule has 0 aromatic heterocycles. The molecule has 4 saturated carbocycles. The van der Waals surface area contributed by atoms with Crippen LogP contribution in [-0.4, -0.2) is 21.8 Å². The van der Waals surface area contributed by atoms with Crippen LogP contribution in [0.4, 0.5) is 0 Å². The Morgan fingerprint density at radius 3 is 2.75 bits per heavy atom. The van der Waals surface area contributed by atoms with Crippen molar-refractivity contribution in [1.82, 2.24) is 0 Å². The average Bonchev–Trinajstić information content (AvgIpc) is 3.45. The summed E-state index contributed by atoms with van der Waals surface area (Å²) in [4.78, 5) is 12.5. The van der Waals surface area contributed by atoms with Crippen molar-refractivity contribution in [2.45, 2.75) is 76.7 Å². The zero-order valence-corrected chi connectivity index (χ0v) is 18.6. The maximum Gasteiger partial charge on any atom is 0.147 e. The van der Waals surface area contributed by atoms with Crippen molar-refractivity contribution in [3.8, 4) is 11.8 Å². The second-order valence-corrected chi connectivity index (χ2v) is 11.2. The summed E-state index contributed by atoms with van der Waals surface area (Å²) >= 11 is 3.42. The molecule has 152 valence electrons. The minimum Gasteiger partial charge on any atom is -0.377 e. The van der Waals surface area contributed by atoms with Gasteiger partial charge in [0.25, 0.3) is 0 Å². The van der Waals surface area contributed by atoms with Gasteiger partial charge in [0.05, 0.1) is 5.33 Å². The summed E-state index contributed by atoms with van der Waals surface area (Å²) < 4.78 is 0. The van der Waals surface area contributed by atoms with E-state index in [1.807, 2.05) is 0 Å². The molecule has 5 aliphatic rings. The van der Waals surface area contributed by atoms with Crippen molar-refractivity contribution in [1.29, 1.82) is 0 Å². The largest absolute Gasteiger partial charge is 0.377 e. The smallest absolute Gasteiger partial charge is 0.147 e. The molecule has 4 fully saturated rings. The highest BCUT2D eigenvalue weighted by molar-refractivity contribution is 9.09. The maximum atomic E-state index is 12.5. The van der Waals surface area contributed by atoms with E-state index in [-0.39, 0.29) is 11.3 Å². The van der Waals surface area contributed by atoms with E-state index in [0.717, 1.165) is 43.9 Å². The van der Waals surface area contributed by atoms with Gasteiger partial charge < -0.3 is 5.11 Å². The topological polar surface area (TPSA) is 37.3 Å². The molecule has 0 bridgehead atoms. The second-order valence-electron chi connectivity index (χ2n) is 10.6. The Kier molecular flexibility index (Phi) is 4.83. The summed E-state index contributed by atoms with van der Waals surface area (Å²) in [6, 6.07) is 0. The van der Waals surface area contributed by atoms with E-state index in [9.17, 15) is 9.90 Å². The quantitative estimate of drug-likeness (QED) is 0.357. The molecular weight excluding hydrogens is 412 g/mol. The predicted molar refractivity (Wildman–Crippen MR) is 115 cm³/mol. The number of hydrogen-bond acceptors (Lipinski definition) is 2. The number of alkyl halides is 1. The molecule has 3 heteroatoms. The minimum absolute atomic E-state index is 0.211. The molecule has 0 aromatic rings. The molecule has 0 spiro atoms. The number of halogens is 1. The molecule has 2 nitrogen and oxygen atoms in total. The molecule has 0 amide bonds. The molecule has 0 unspecified atom stereocenters.